The summed E-state index contributed by atoms with van der Waals surface area (Å²) in [7, 11) is 4.51. The number of aliphatic hydroxyl groups is 2. The molecule has 710 valence electrons. The van der Waals surface area contributed by atoms with Crippen LogP contribution >= 0.6 is 0 Å². The zero-order valence-corrected chi connectivity index (χ0v) is 76.5. The van der Waals surface area contributed by atoms with Gasteiger partial charge < -0.3 is 108 Å². The van der Waals surface area contributed by atoms with Gasteiger partial charge in [-0.2, -0.15) is 10.1 Å². The number of nitrogens with zero attached hydrogens (tertiary/aromatic N) is 10. The lowest BCUT2D eigenvalue weighted by atomic mass is 9.78. The highest BCUT2D eigenvalue weighted by Crippen LogP contribution is 2.40. The minimum Gasteiger partial charge on any atom is -0.461 e. The van der Waals surface area contributed by atoms with Crippen LogP contribution in [0.5, 0.6) is 0 Å². The Labute approximate surface area is 755 Å². The number of esters is 1. The van der Waals surface area contributed by atoms with Crippen molar-refractivity contribution in [1.29, 1.82) is 0 Å². The number of methoxy groups -OCH3 is 3. The molecule has 129 heavy (non-hydrogen) atoms. The predicted molar refractivity (Wildman–Crippen MR) is 478 cm³/mol. The Balaban J connectivity index is 0.562. The summed E-state index contributed by atoms with van der Waals surface area (Å²) in [6.07, 6.45) is 12.3. The van der Waals surface area contributed by atoms with Crippen LogP contribution in [-0.4, -0.2) is 287 Å². The van der Waals surface area contributed by atoms with Crippen LogP contribution < -0.4 is 16.8 Å². The van der Waals surface area contributed by atoms with Gasteiger partial charge in [0.2, 0.25) is 11.7 Å². The first-order chi connectivity index (χ1) is 62.3. The number of Topliss-reactive ketones (excluding diaryl/α,β-unsaturated/α-hetero) is 2. The number of oxazole rings is 1. The second kappa shape index (κ2) is 52.1. The number of aliphatic hydroxyl groups excluding tert-OH is 1. The summed E-state index contributed by atoms with van der Waals surface area (Å²) in [4.78, 5) is 104. The van der Waals surface area contributed by atoms with Crippen molar-refractivity contribution in [2.75, 3.05) is 158 Å². The number of hydrogen-bond donors (Lipinski definition) is 5. The van der Waals surface area contributed by atoms with Crippen molar-refractivity contribution in [1.82, 2.24) is 39.8 Å². The second-order valence-corrected chi connectivity index (χ2v) is 34.3. The lowest BCUT2D eigenvalue weighted by Crippen LogP contribution is -2.61. The maximum Gasteiger partial charge on any atom is 0.407 e. The average molecular weight is 1800 g/mol. The Kier molecular flexibility index (Phi) is 41.2. The molecule has 16 atom stereocenters. The van der Waals surface area contributed by atoms with E-state index in [4.69, 9.17) is 87.3 Å². The summed E-state index contributed by atoms with van der Waals surface area (Å²) in [5, 5.41) is 36.5. The summed E-state index contributed by atoms with van der Waals surface area (Å²) < 4.78 is 88.6. The smallest absolute Gasteiger partial charge is 0.407 e. The normalized spacial score (nSPS) is 26.6. The van der Waals surface area contributed by atoms with Crippen molar-refractivity contribution in [2.24, 2.45) is 40.6 Å². The summed E-state index contributed by atoms with van der Waals surface area (Å²) >= 11 is 0. The molecule has 3 amide bonds. The van der Waals surface area contributed by atoms with Crippen molar-refractivity contribution in [3.8, 4) is 11.3 Å². The number of piperidine rings is 1. The largest absolute Gasteiger partial charge is 0.461 e. The van der Waals surface area contributed by atoms with Gasteiger partial charge in [0.05, 0.1) is 142 Å². The molecule has 4 aliphatic heterocycles. The number of fused-ring (bicyclic) bond motifs is 6. The van der Waals surface area contributed by atoms with Crippen LogP contribution in [0.2, 0.25) is 0 Å². The van der Waals surface area contributed by atoms with E-state index in [2.05, 4.69) is 48.5 Å². The monoisotopic (exact) mass is 1800 g/mol. The lowest BCUT2D eigenvalue weighted by molar-refractivity contribution is -0.265. The van der Waals surface area contributed by atoms with Crippen molar-refractivity contribution >= 4 is 69.4 Å². The van der Waals surface area contributed by atoms with Crippen LogP contribution in [0.4, 0.5) is 16.6 Å². The zero-order valence-electron chi connectivity index (χ0n) is 76.5. The number of aromatic nitrogens is 5. The number of alkyl carbamates (subject to hydrolysis) is 1. The van der Waals surface area contributed by atoms with E-state index in [1.54, 1.807) is 40.2 Å². The van der Waals surface area contributed by atoms with E-state index in [0.29, 0.717) is 216 Å². The standard InChI is InChI=1S/C93H135N13O23/c1-59-16-12-11-13-17-60(2)77(115-8)54-71-24-19-65(7)93(114,129-71)86(110)89(111)105-30-15-14-18-74(105)90(112)126-78(55-72(101-103-96)61(3)49-64(6)84(109)85(117-10)83(108)63(5)48-59)62(4)50-66-21-25-76(79(52-66)116-9)128-92(113)97-29-33-119-35-37-121-39-41-123-43-45-125-47-46-124-44-42-122-40-38-120-36-34-118-32-28-80(107)104-31-27-68-51-67(20-22-70(68)57-104)56-106-88-81(87(94)98-58-99-88)82(102-106)69-23-26-75-73(53-69)100-91(95)127-75/h11-13,16-17,20,22-23,26,49,51,53,58-59,61-63,65-66,71-72,74,76-79,84-85,109,114H,14-15,18-19,21,24-25,27-48,50,52,54-57H2,1-10H3,(H2,95,100)(H,97,113)(H2,94,98,99)/b13-11?,16-12+,60-17?,64-49+/t59-,61-,62-,63-,65-,66+,71+,72+,74+,76-,77+,78+,79-,84-,85+,93-/m1/s1. The number of cyclic esters (lactones) is 1. The van der Waals surface area contributed by atoms with Crippen LogP contribution in [0.1, 0.15) is 149 Å². The predicted octanol–water partition coefficient (Wildman–Crippen LogP) is 10.3. The fourth-order valence-electron chi connectivity index (χ4n) is 17.5. The number of azide groups is 1. The molecular weight excluding hydrogens is 1670 g/mol. The molecule has 7 N–H and O–H groups in total. The van der Waals surface area contributed by atoms with Crippen LogP contribution in [0.25, 0.3) is 43.8 Å². The van der Waals surface area contributed by atoms with E-state index >= 15 is 0 Å². The molecule has 5 aliphatic rings. The van der Waals surface area contributed by atoms with Crippen molar-refractivity contribution in [3.63, 3.8) is 0 Å². The highest BCUT2D eigenvalue weighted by molar-refractivity contribution is 6.39. The second-order valence-electron chi connectivity index (χ2n) is 34.3. The van der Waals surface area contributed by atoms with Crippen LogP contribution in [-0.2, 0) is 110 Å². The number of amides is 3. The number of nitrogens with one attached hydrogen (secondary N) is 1. The quantitative estimate of drug-likeness (QED) is 0.00466. The topological polar surface area (TPSA) is 461 Å². The average Bonchev–Trinajstić information content (AvgIpc) is 1.59. The third-order valence-electron chi connectivity index (χ3n) is 24.9. The molecule has 1 aliphatic carbocycles. The fraction of sp³-hybridized carbons (Fsp3) is 0.656. The molecule has 2 aromatic carbocycles. The lowest BCUT2D eigenvalue weighted by Gasteiger charge is -2.43. The van der Waals surface area contributed by atoms with Crippen LogP contribution in [0.3, 0.4) is 0 Å². The van der Waals surface area contributed by atoms with E-state index in [1.165, 1.54) is 23.9 Å². The molecular formula is C93H135N13O23. The van der Waals surface area contributed by atoms with Crippen molar-refractivity contribution in [2.45, 2.75) is 212 Å². The van der Waals surface area contributed by atoms with Gasteiger partial charge in [-0.1, -0.05) is 94.4 Å². The van der Waals surface area contributed by atoms with Crippen LogP contribution in [0.15, 0.2) is 99.9 Å². The number of nitrogen functional groups attached to an aromatic ring is 2. The number of hydrogen-bond acceptors (Lipinski definition) is 30. The molecule has 2 saturated heterocycles. The van der Waals surface area contributed by atoms with E-state index in [9.17, 15) is 44.5 Å². The van der Waals surface area contributed by atoms with E-state index in [0.717, 1.165) is 28.7 Å². The van der Waals surface area contributed by atoms with Gasteiger partial charge in [-0.05, 0) is 166 Å². The molecule has 3 aromatic heterocycles. The number of ether oxygens (including phenoxy) is 14. The number of benzene rings is 2. The molecule has 3 fully saturated rings. The Morgan fingerprint density at radius 2 is 1.42 bits per heavy atom. The highest BCUT2D eigenvalue weighted by Gasteiger charge is 2.53. The van der Waals surface area contributed by atoms with Crippen molar-refractivity contribution < 1.29 is 110 Å². The minimum atomic E-state index is -2.49. The van der Waals surface area contributed by atoms with Gasteiger partial charge in [-0.3, -0.25) is 19.2 Å². The highest BCUT2D eigenvalue weighted by atomic mass is 16.6. The zero-order chi connectivity index (χ0) is 92.4. The molecule has 36 nitrogen and oxygen atoms in total. The number of rotatable bonds is 38. The molecule has 7 heterocycles. The molecule has 5 aromatic rings. The first-order valence-corrected chi connectivity index (χ1v) is 45.4. The van der Waals surface area contributed by atoms with Crippen molar-refractivity contribution in [3.05, 3.63) is 117 Å². The maximum absolute atomic E-state index is 14.9. The summed E-state index contributed by atoms with van der Waals surface area (Å²) in [5.74, 6) is -7.67. The van der Waals surface area contributed by atoms with Gasteiger partial charge in [-0.25, -0.2) is 24.2 Å². The Hall–Kier alpha value is -9.21. The number of carbonyl (C=O) groups excluding carboxylic acids is 6. The van der Waals surface area contributed by atoms with Gasteiger partial charge in [-0.15, -0.1) is 0 Å². The molecule has 10 rings (SSSR count). The van der Waals surface area contributed by atoms with Gasteiger partial charge in [0.15, 0.2) is 17.0 Å². The molecule has 1 saturated carbocycles. The molecule has 0 unspecified atom stereocenters. The Morgan fingerprint density at radius 3 is 2.09 bits per heavy atom. The van der Waals surface area contributed by atoms with Crippen LogP contribution in [0, 0.1) is 35.5 Å². The summed E-state index contributed by atoms with van der Waals surface area (Å²) in [5.41, 5.74) is 30.1. The number of ketones is 2. The van der Waals surface area contributed by atoms with E-state index < -0.39 is 108 Å². The maximum atomic E-state index is 14.9. The van der Waals surface area contributed by atoms with Gasteiger partial charge >= 0.3 is 12.1 Å². The third-order valence-corrected chi connectivity index (χ3v) is 24.9. The van der Waals surface area contributed by atoms with Gasteiger partial charge in [0, 0.05) is 82.3 Å². The van der Waals surface area contributed by atoms with E-state index in [-0.39, 0.29) is 74.9 Å². The van der Waals surface area contributed by atoms with Gasteiger partial charge in [0.25, 0.3) is 17.7 Å². The third kappa shape index (κ3) is 29.9. The molecule has 0 radical (unpaired) electrons. The Bertz CT molecular complexity index is 4610. The first kappa shape index (κ1) is 102. The minimum absolute atomic E-state index is 0.00678. The fourth-order valence-corrected chi connectivity index (χ4v) is 17.5. The number of carbonyl (C=O) groups is 6. The summed E-state index contributed by atoms with van der Waals surface area (Å²) in [6, 6.07) is 9.85. The van der Waals surface area contributed by atoms with E-state index in [1.807, 2.05) is 86.7 Å². The SMILES string of the molecule is CO[C@H]1C[C@@H]2CC[C@@H](C)[C@@](O)(O2)C(=O)C(=O)N2CCCC[C@H]2C(=O)O[C@H]([C@H](C)C[C@@H]2CC[C@@H](OC(=O)NCCOCCOCCOCCOCCOCCOCCOCCOCCC(=O)N3CCc4cc(Cn5nc(-c6ccc7oc(N)nc7c6)c6c(N)ncnc65)ccc4C3)[C@H](OC)C2)C[C@H](N=[N+]=[N-])[C@H](C)/C=C(\C)[C@@H](O)[C@@H](OC)C(=O)[C@H](C)C[C@H](C)/C=C/C=CC=C1C. The number of nitrogens with two attached hydrogens (primary N) is 2. The molecule has 2 bridgehead atoms. The summed E-state index contributed by atoms with van der Waals surface area (Å²) in [6.45, 7) is 20.4. The number of allylic oxidation sites excluding steroid dienone is 5. The van der Waals surface area contributed by atoms with Gasteiger partial charge in [0.1, 0.15) is 53.8 Å². The molecule has 36 heteroatoms. The first-order valence-electron chi connectivity index (χ1n) is 45.4. The number of anilines is 2. The molecule has 0 spiro atoms. The Morgan fingerprint density at radius 1 is 0.736 bits per heavy atom.